The molecular weight excluding hydrogens is 558 g/mol. The Balaban J connectivity index is 1.49. The van der Waals surface area contributed by atoms with Gasteiger partial charge in [-0.1, -0.05) is 84.4 Å². The van der Waals surface area contributed by atoms with Gasteiger partial charge in [0.15, 0.2) is 11.6 Å². The fraction of sp³-hybridized carbons (Fsp3) is 0.250. The molecule has 8 nitrogen and oxygen atoms in total. The van der Waals surface area contributed by atoms with E-state index in [0.29, 0.717) is 27.2 Å². The van der Waals surface area contributed by atoms with Crippen LogP contribution >= 0.6 is 0 Å². The molecule has 6 atom stereocenters. The molecule has 1 N–H and O–H groups in total. The Morgan fingerprint density at radius 3 is 2.18 bits per heavy atom. The molecule has 1 saturated heterocycles. The maximum absolute atomic E-state index is 14.8. The Morgan fingerprint density at radius 1 is 0.864 bits per heavy atom. The van der Waals surface area contributed by atoms with Gasteiger partial charge in [-0.2, -0.15) is 4.90 Å². The molecule has 3 aliphatic carbocycles. The zero-order chi connectivity index (χ0) is 30.7. The highest BCUT2D eigenvalue weighted by Crippen LogP contribution is 2.63. The fourth-order valence-corrected chi connectivity index (χ4v) is 8.19. The van der Waals surface area contributed by atoms with Crippen molar-refractivity contribution in [1.29, 1.82) is 0 Å². The summed E-state index contributed by atoms with van der Waals surface area (Å²) in [5.74, 6) is -5.47. The number of hydrogen-bond acceptors (Lipinski definition) is 7. The van der Waals surface area contributed by atoms with E-state index in [1.54, 1.807) is 36.4 Å². The van der Waals surface area contributed by atoms with Crippen molar-refractivity contribution in [2.45, 2.75) is 24.2 Å². The van der Waals surface area contributed by atoms with E-state index in [-0.39, 0.29) is 30.2 Å². The summed E-state index contributed by atoms with van der Waals surface area (Å²) < 4.78 is 4.77. The summed E-state index contributed by atoms with van der Waals surface area (Å²) in [5.41, 5.74) is 1.74. The summed E-state index contributed by atoms with van der Waals surface area (Å²) in [4.78, 5) is 69.8. The van der Waals surface area contributed by atoms with Gasteiger partial charge >= 0.3 is 6.09 Å². The van der Waals surface area contributed by atoms with Gasteiger partial charge in [0.25, 0.3) is 0 Å². The topological polar surface area (TPSA) is 118 Å². The molecule has 0 bridgehead atoms. The van der Waals surface area contributed by atoms with Gasteiger partial charge < -0.3 is 9.84 Å². The number of carbonyl (C=O) groups excluding carboxylic acids is 5. The van der Waals surface area contributed by atoms with Crippen molar-refractivity contribution in [2.75, 3.05) is 7.11 Å². The Labute approximate surface area is 253 Å². The highest BCUT2D eigenvalue weighted by Gasteiger charge is 2.66. The molecule has 3 aromatic carbocycles. The molecule has 2 fully saturated rings. The van der Waals surface area contributed by atoms with Crippen LogP contribution in [-0.4, -0.2) is 46.6 Å². The van der Waals surface area contributed by atoms with E-state index in [1.165, 1.54) is 6.08 Å². The van der Waals surface area contributed by atoms with Crippen LogP contribution in [0.2, 0.25) is 0 Å². The van der Waals surface area contributed by atoms with E-state index < -0.39 is 52.9 Å². The average Bonchev–Trinajstić information content (AvgIpc) is 3.31. The van der Waals surface area contributed by atoms with Crippen molar-refractivity contribution in [1.82, 2.24) is 4.90 Å². The second kappa shape index (κ2) is 10.3. The first-order valence-electron chi connectivity index (χ1n) is 14.6. The van der Waals surface area contributed by atoms with E-state index in [1.807, 2.05) is 54.6 Å². The van der Waals surface area contributed by atoms with E-state index >= 15 is 0 Å². The fourth-order valence-electron chi connectivity index (χ4n) is 8.19. The molecule has 4 aliphatic rings. The highest BCUT2D eigenvalue weighted by molar-refractivity contribution is 6.31. The molecule has 3 amide bonds. The molecule has 1 aliphatic heterocycles. The van der Waals surface area contributed by atoms with Crippen LogP contribution in [0.25, 0.3) is 5.57 Å². The van der Waals surface area contributed by atoms with Gasteiger partial charge in [0.05, 0.1) is 24.4 Å². The summed E-state index contributed by atoms with van der Waals surface area (Å²) in [5, 5.41) is 10.2. The number of benzene rings is 3. The quantitative estimate of drug-likeness (QED) is 0.339. The second-order valence-corrected chi connectivity index (χ2v) is 11.9. The SMILES string of the molecule is COC(=O)N1C(=O)C2CC=C3C(CC4C(=O)C(c5ccccc5)=CC(=O)C4(c4ccccc4)C3c3ccc(O)cc3)C2C1=O. The van der Waals surface area contributed by atoms with Gasteiger partial charge in [-0.25, -0.2) is 4.79 Å². The van der Waals surface area contributed by atoms with Gasteiger partial charge in [-0.3, -0.25) is 19.2 Å². The number of likely N-dealkylation sites (tertiary alicyclic amines) is 1. The van der Waals surface area contributed by atoms with Gasteiger partial charge in [0, 0.05) is 17.4 Å². The molecule has 0 spiro atoms. The molecule has 44 heavy (non-hydrogen) atoms. The number of fused-ring (bicyclic) bond motifs is 4. The number of rotatable bonds is 3. The number of amides is 3. The smallest absolute Gasteiger partial charge is 0.423 e. The van der Waals surface area contributed by atoms with Crippen LogP contribution < -0.4 is 0 Å². The number of imide groups is 3. The summed E-state index contributed by atoms with van der Waals surface area (Å²) >= 11 is 0. The summed E-state index contributed by atoms with van der Waals surface area (Å²) in [6.45, 7) is 0. The van der Waals surface area contributed by atoms with Crippen LogP contribution in [0.15, 0.2) is 103 Å². The predicted molar refractivity (Wildman–Crippen MR) is 159 cm³/mol. The Kier molecular flexibility index (Phi) is 6.46. The second-order valence-electron chi connectivity index (χ2n) is 11.9. The van der Waals surface area contributed by atoms with Crippen molar-refractivity contribution in [3.63, 3.8) is 0 Å². The standard InChI is InChI=1S/C36H29NO7/c1-44-35(43)37-33(41)25-17-16-24-27(30(25)34(37)42)18-28-32(40)26(20-8-4-2-5-9-20)19-29(39)36(28,22-10-6-3-7-11-22)31(24)21-12-14-23(38)15-13-21/h2-16,19,25,27-28,30-31,38H,17-18H2,1H3. The number of carbonyl (C=O) groups is 5. The van der Waals surface area contributed by atoms with Crippen molar-refractivity contribution >= 4 is 35.0 Å². The molecule has 220 valence electrons. The molecule has 3 aromatic rings. The van der Waals surface area contributed by atoms with Crippen LogP contribution in [0.4, 0.5) is 4.79 Å². The van der Waals surface area contributed by atoms with Crippen LogP contribution in [0.1, 0.15) is 35.4 Å². The highest BCUT2D eigenvalue weighted by atomic mass is 16.5. The van der Waals surface area contributed by atoms with Crippen LogP contribution in [0.3, 0.4) is 0 Å². The number of methoxy groups -OCH3 is 1. The minimum absolute atomic E-state index is 0.0479. The van der Waals surface area contributed by atoms with Gasteiger partial charge in [0.2, 0.25) is 11.8 Å². The number of hydrogen-bond donors (Lipinski definition) is 1. The molecule has 7 rings (SSSR count). The third kappa shape index (κ3) is 3.80. The maximum Gasteiger partial charge on any atom is 0.423 e. The molecule has 8 heteroatoms. The number of Topliss-reactive ketones (excluding diaryl/α,β-unsaturated/α-hetero) is 1. The number of phenols is 1. The summed E-state index contributed by atoms with van der Waals surface area (Å²) in [7, 11) is 1.12. The number of ether oxygens (including phenoxy) is 1. The van der Waals surface area contributed by atoms with E-state index in [4.69, 9.17) is 4.74 Å². The molecular formula is C36H29NO7. The first kappa shape index (κ1) is 27.7. The Hall–Kier alpha value is -5.11. The normalized spacial score (nSPS) is 29.3. The molecule has 6 unspecified atom stereocenters. The van der Waals surface area contributed by atoms with Crippen molar-refractivity contribution in [3.8, 4) is 5.75 Å². The predicted octanol–water partition coefficient (Wildman–Crippen LogP) is 4.98. The lowest BCUT2D eigenvalue weighted by Crippen LogP contribution is -2.58. The van der Waals surface area contributed by atoms with E-state index in [2.05, 4.69) is 0 Å². The van der Waals surface area contributed by atoms with Gasteiger partial charge in [-0.15, -0.1) is 0 Å². The molecule has 1 saturated carbocycles. The number of aromatic hydroxyl groups is 1. The van der Waals surface area contributed by atoms with E-state index in [9.17, 15) is 29.1 Å². The monoisotopic (exact) mass is 587 g/mol. The van der Waals surface area contributed by atoms with Crippen LogP contribution in [0, 0.1) is 23.7 Å². The number of phenolic OH excluding ortho intramolecular Hbond substituents is 1. The minimum Gasteiger partial charge on any atom is -0.508 e. The minimum atomic E-state index is -1.35. The first-order valence-corrected chi connectivity index (χ1v) is 14.6. The Morgan fingerprint density at radius 2 is 1.52 bits per heavy atom. The summed E-state index contributed by atoms with van der Waals surface area (Å²) in [6, 6.07) is 24.9. The number of ketones is 2. The van der Waals surface area contributed by atoms with Crippen molar-refractivity contribution < 1.29 is 33.8 Å². The Bertz CT molecular complexity index is 1780. The van der Waals surface area contributed by atoms with Crippen molar-refractivity contribution in [3.05, 3.63) is 119 Å². The van der Waals surface area contributed by atoms with Gasteiger partial charge in [-0.05, 0) is 53.7 Å². The molecule has 0 radical (unpaired) electrons. The number of nitrogens with zero attached hydrogens (tertiary/aromatic N) is 1. The van der Waals surface area contributed by atoms with Crippen LogP contribution in [0.5, 0.6) is 5.75 Å². The zero-order valence-electron chi connectivity index (χ0n) is 23.9. The molecule has 0 aromatic heterocycles. The average molecular weight is 588 g/mol. The van der Waals surface area contributed by atoms with E-state index in [0.717, 1.165) is 12.7 Å². The lowest BCUT2D eigenvalue weighted by molar-refractivity contribution is -0.138. The first-order chi connectivity index (χ1) is 21.3. The lowest BCUT2D eigenvalue weighted by atomic mass is 9.44. The third-order valence-corrected chi connectivity index (χ3v) is 9.96. The third-order valence-electron chi connectivity index (χ3n) is 9.96. The summed E-state index contributed by atoms with van der Waals surface area (Å²) in [6.07, 6.45) is 2.69. The largest absolute Gasteiger partial charge is 0.508 e. The maximum atomic E-state index is 14.8. The lowest BCUT2D eigenvalue weighted by Gasteiger charge is -2.55. The number of allylic oxidation sites excluding steroid dienone is 4. The van der Waals surface area contributed by atoms with Gasteiger partial charge in [0.1, 0.15) is 5.75 Å². The van der Waals surface area contributed by atoms with Crippen LogP contribution in [-0.2, 0) is 29.3 Å². The van der Waals surface area contributed by atoms with Crippen molar-refractivity contribution in [2.24, 2.45) is 23.7 Å². The zero-order valence-corrected chi connectivity index (χ0v) is 23.9. The molecule has 1 heterocycles.